The number of nitriles is 1. The molecule has 0 radical (unpaired) electrons. The van der Waals surface area contributed by atoms with E-state index < -0.39 is 0 Å². The van der Waals surface area contributed by atoms with Gasteiger partial charge in [-0.2, -0.15) is 5.26 Å². The zero-order valence-corrected chi connectivity index (χ0v) is 19.9. The fourth-order valence-electron chi connectivity index (χ4n) is 5.64. The molecule has 166 valence electrons. The number of fused-ring (bicyclic) bond motifs is 4. The molecule has 3 nitrogen and oxygen atoms in total. The van der Waals surface area contributed by atoms with E-state index in [2.05, 4.69) is 74.1 Å². The van der Waals surface area contributed by atoms with E-state index in [0.29, 0.717) is 5.56 Å². The van der Waals surface area contributed by atoms with Gasteiger partial charge in [0, 0.05) is 28.5 Å². The van der Waals surface area contributed by atoms with Crippen LogP contribution in [-0.4, -0.2) is 0 Å². The van der Waals surface area contributed by atoms with Crippen molar-refractivity contribution < 1.29 is 8.98 Å². The number of pyridine rings is 1. The fraction of sp³-hybridized carbons (Fsp3) is 0.226. The Kier molecular flexibility index (Phi) is 4.78. The summed E-state index contributed by atoms with van der Waals surface area (Å²) in [6, 6.07) is 21.6. The third kappa shape index (κ3) is 3.06. The lowest BCUT2D eigenvalue weighted by Gasteiger charge is -2.19. The molecule has 2 aromatic heterocycles. The van der Waals surface area contributed by atoms with Crippen LogP contribution in [0.1, 0.15) is 40.7 Å². The van der Waals surface area contributed by atoms with Crippen molar-refractivity contribution in [3.8, 4) is 28.5 Å². The van der Waals surface area contributed by atoms with Crippen LogP contribution in [0.2, 0.25) is 0 Å². The van der Waals surface area contributed by atoms with Crippen LogP contribution in [0.3, 0.4) is 0 Å². The highest BCUT2D eigenvalue weighted by Gasteiger charge is 2.24. The number of rotatable bonds is 2. The van der Waals surface area contributed by atoms with Gasteiger partial charge in [-0.3, -0.25) is 0 Å². The van der Waals surface area contributed by atoms with Gasteiger partial charge in [-0.1, -0.05) is 24.3 Å². The van der Waals surface area contributed by atoms with E-state index >= 15 is 0 Å². The van der Waals surface area contributed by atoms with Gasteiger partial charge in [0.2, 0.25) is 5.69 Å². The first kappa shape index (κ1) is 20.7. The van der Waals surface area contributed by atoms with E-state index in [4.69, 9.17) is 4.42 Å². The number of benzene rings is 3. The van der Waals surface area contributed by atoms with Crippen LogP contribution in [0.4, 0.5) is 0 Å². The summed E-state index contributed by atoms with van der Waals surface area (Å²) >= 11 is 0. The van der Waals surface area contributed by atoms with Gasteiger partial charge in [0.05, 0.1) is 17.2 Å². The van der Waals surface area contributed by atoms with Crippen molar-refractivity contribution in [2.75, 3.05) is 0 Å². The van der Waals surface area contributed by atoms with Crippen molar-refractivity contribution in [1.29, 1.82) is 5.26 Å². The van der Waals surface area contributed by atoms with Crippen molar-refractivity contribution in [1.82, 2.24) is 0 Å². The maximum atomic E-state index is 10.1. The van der Waals surface area contributed by atoms with Gasteiger partial charge in [0.1, 0.15) is 18.2 Å². The zero-order chi connectivity index (χ0) is 23.4. The normalized spacial score (nSPS) is 13.2. The summed E-state index contributed by atoms with van der Waals surface area (Å²) in [6.45, 7) is 4.29. The third-order valence-electron chi connectivity index (χ3n) is 7.41. The number of hydrogen-bond donors (Lipinski definition) is 0. The predicted octanol–water partition coefficient (Wildman–Crippen LogP) is 7.11. The van der Waals surface area contributed by atoms with Gasteiger partial charge in [0.15, 0.2) is 6.20 Å². The lowest BCUT2D eigenvalue weighted by Crippen LogP contribution is -2.30. The van der Waals surface area contributed by atoms with Crippen molar-refractivity contribution in [2.45, 2.75) is 39.5 Å². The Morgan fingerprint density at radius 3 is 2.26 bits per heavy atom. The van der Waals surface area contributed by atoms with Crippen molar-refractivity contribution in [2.24, 2.45) is 7.05 Å². The second-order valence-electron chi connectivity index (χ2n) is 9.55. The van der Waals surface area contributed by atoms with Crippen LogP contribution in [0.15, 0.2) is 65.2 Å². The minimum atomic E-state index is 0.661. The van der Waals surface area contributed by atoms with Crippen LogP contribution in [-0.2, 0) is 19.9 Å². The minimum Gasteiger partial charge on any atom is -0.454 e. The first-order valence-electron chi connectivity index (χ1n) is 12.0. The Morgan fingerprint density at radius 1 is 0.824 bits per heavy atom. The SMILES string of the molecule is Cc1cc2c(cc1-c1c(C#N)ccc3c1oc1c(-c4cccc[n+]4C)c(C)ccc13)CCCC2. The molecule has 0 aliphatic heterocycles. The molecule has 34 heavy (non-hydrogen) atoms. The minimum absolute atomic E-state index is 0.661. The summed E-state index contributed by atoms with van der Waals surface area (Å²) in [4.78, 5) is 0. The molecule has 0 spiro atoms. The maximum absolute atomic E-state index is 10.1. The van der Waals surface area contributed by atoms with Crippen molar-refractivity contribution in [3.05, 3.63) is 88.6 Å². The van der Waals surface area contributed by atoms with Gasteiger partial charge in [-0.05, 0) is 85.5 Å². The summed E-state index contributed by atoms with van der Waals surface area (Å²) in [5.74, 6) is 0. The Hall–Kier alpha value is -3.90. The molecule has 0 saturated carbocycles. The first-order valence-corrected chi connectivity index (χ1v) is 12.0. The van der Waals surface area contributed by atoms with E-state index in [-0.39, 0.29) is 0 Å². The molecule has 3 aromatic carbocycles. The largest absolute Gasteiger partial charge is 0.454 e. The van der Waals surface area contributed by atoms with Gasteiger partial charge in [0.25, 0.3) is 0 Å². The molecular formula is C31H27N2O+. The topological polar surface area (TPSA) is 40.8 Å². The molecule has 0 amide bonds. The van der Waals surface area contributed by atoms with E-state index in [0.717, 1.165) is 57.2 Å². The lowest BCUT2D eigenvalue weighted by atomic mass is 9.85. The van der Waals surface area contributed by atoms with Crippen molar-refractivity contribution >= 4 is 21.9 Å². The zero-order valence-electron chi connectivity index (χ0n) is 19.9. The Bertz CT molecular complexity index is 1650. The van der Waals surface area contributed by atoms with Crippen LogP contribution >= 0.6 is 0 Å². The summed E-state index contributed by atoms with van der Waals surface area (Å²) in [5.41, 5.74) is 11.8. The van der Waals surface area contributed by atoms with E-state index in [1.54, 1.807) is 0 Å². The van der Waals surface area contributed by atoms with Crippen LogP contribution in [0.5, 0.6) is 0 Å². The van der Waals surface area contributed by atoms with E-state index in [1.807, 2.05) is 18.2 Å². The number of aromatic nitrogens is 1. The fourth-order valence-corrected chi connectivity index (χ4v) is 5.64. The van der Waals surface area contributed by atoms with Crippen LogP contribution in [0, 0.1) is 25.2 Å². The molecule has 1 aliphatic carbocycles. The average molecular weight is 444 g/mol. The molecule has 0 atom stereocenters. The first-order chi connectivity index (χ1) is 16.6. The molecule has 3 heteroatoms. The molecule has 0 unspecified atom stereocenters. The number of hydrogen-bond acceptors (Lipinski definition) is 2. The molecule has 0 saturated heterocycles. The Labute approximate surface area is 199 Å². The Morgan fingerprint density at radius 2 is 1.53 bits per heavy atom. The number of furan rings is 1. The lowest BCUT2D eigenvalue weighted by molar-refractivity contribution is -0.660. The highest BCUT2D eigenvalue weighted by Crippen LogP contribution is 2.43. The second-order valence-corrected chi connectivity index (χ2v) is 9.55. The van der Waals surface area contributed by atoms with Crippen LogP contribution in [0.25, 0.3) is 44.3 Å². The van der Waals surface area contributed by atoms with E-state index in [1.165, 1.54) is 35.1 Å². The standard InChI is InChI=1S/C31H27N2O/c1-19-11-13-24-25-14-12-23(18-32)29(26-17-22-9-5-4-8-21(22)16-20(26)2)31(25)34-30(24)28(19)27-10-6-7-15-33(27)3/h6-7,10-17H,4-5,8-9H2,1-3H3/q+1. The van der Waals surface area contributed by atoms with Gasteiger partial charge in [-0.15, -0.1) is 0 Å². The highest BCUT2D eigenvalue weighted by atomic mass is 16.3. The van der Waals surface area contributed by atoms with Gasteiger partial charge >= 0.3 is 0 Å². The quantitative estimate of drug-likeness (QED) is 0.273. The maximum Gasteiger partial charge on any atom is 0.216 e. The third-order valence-corrected chi connectivity index (χ3v) is 7.41. The summed E-state index contributed by atoms with van der Waals surface area (Å²) in [6.07, 6.45) is 6.80. The molecule has 2 heterocycles. The highest BCUT2D eigenvalue weighted by molar-refractivity contribution is 6.14. The summed E-state index contributed by atoms with van der Waals surface area (Å²) in [7, 11) is 2.06. The molecule has 0 fully saturated rings. The predicted molar refractivity (Wildman–Crippen MR) is 137 cm³/mol. The van der Waals surface area contributed by atoms with Gasteiger partial charge in [-0.25, -0.2) is 4.57 Å². The molecule has 0 N–H and O–H groups in total. The molecule has 5 aromatic rings. The molecular weight excluding hydrogens is 416 g/mol. The smallest absolute Gasteiger partial charge is 0.216 e. The number of aryl methyl sites for hydroxylation is 5. The Balaban J connectivity index is 1.71. The molecule has 6 rings (SSSR count). The molecule has 1 aliphatic rings. The monoisotopic (exact) mass is 443 g/mol. The summed E-state index contributed by atoms with van der Waals surface area (Å²) < 4.78 is 8.87. The van der Waals surface area contributed by atoms with Crippen molar-refractivity contribution in [3.63, 3.8) is 0 Å². The van der Waals surface area contributed by atoms with E-state index in [9.17, 15) is 5.26 Å². The average Bonchev–Trinajstić information content (AvgIpc) is 3.22. The van der Waals surface area contributed by atoms with Gasteiger partial charge < -0.3 is 4.42 Å². The molecule has 0 bridgehead atoms. The summed E-state index contributed by atoms with van der Waals surface area (Å²) in [5, 5.41) is 12.2. The number of nitrogens with zero attached hydrogens (tertiary/aromatic N) is 2. The second kappa shape index (κ2) is 7.85. The van der Waals surface area contributed by atoms with Crippen LogP contribution < -0.4 is 4.57 Å².